The molecule has 0 aliphatic rings. The average molecular weight is 576 g/mol. The minimum absolute atomic E-state index is 0.120. The number of rotatable bonds is 6. The normalized spacial score (nSPS) is 11.9. The van der Waals surface area contributed by atoms with Crippen molar-refractivity contribution in [3.8, 4) is 0 Å². The lowest BCUT2D eigenvalue weighted by atomic mass is 10.0. The van der Waals surface area contributed by atoms with Crippen molar-refractivity contribution in [1.82, 2.24) is 0 Å². The van der Waals surface area contributed by atoms with Crippen molar-refractivity contribution in [3.63, 3.8) is 0 Å². The molecule has 194 valence electrons. The van der Waals surface area contributed by atoms with Gasteiger partial charge >= 0.3 is 0 Å². The Morgan fingerprint density at radius 3 is 1.97 bits per heavy atom. The van der Waals surface area contributed by atoms with Gasteiger partial charge in [0.25, 0.3) is 15.7 Å². The van der Waals surface area contributed by atoms with Crippen LogP contribution in [0, 0.1) is 10.1 Å². The van der Waals surface area contributed by atoms with Crippen LogP contribution in [0.4, 0.5) is 17.1 Å². The summed E-state index contributed by atoms with van der Waals surface area (Å²) < 4.78 is 29.8. The Morgan fingerprint density at radius 2 is 1.33 bits per heavy atom. The molecule has 0 saturated carbocycles. The number of nitro groups is 1. The summed E-state index contributed by atoms with van der Waals surface area (Å²) in [7, 11) is -4.34. The molecule has 0 bridgehead atoms. The standard InChI is InChI=1S/C29H19Cl2N3O4S/c30-21-8-12-23(13-9-21)32-29(28-7-3-5-20-4-1-2-6-27(20)28)33(24-14-10-22(31)11-15-24)39(37,38)26-18-16-25(17-19-26)34(35)36/h1-19H. The summed E-state index contributed by atoms with van der Waals surface area (Å²) in [4.78, 5) is 15.3. The maximum Gasteiger partial charge on any atom is 0.269 e. The zero-order chi connectivity index (χ0) is 27.6. The summed E-state index contributed by atoms with van der Waals surface area (Å²) in [5, 5.41) is 13.8. The van der Waals surface area contributed by atoms with Gasteiger partial charge in [-0.2, -0.15) is 0 Å². The second-order valence-electron chi connectivity index (χ2n) is 8.44. The lowest BCUT2D eigenvalue weighted by Crippen LogP contribution is -2.37. The minimum atomic E-state index is -4.34. The number of nitro benzene ring substituents is 1. The van der Waals surface area contributed by atoms with Crippen LogP contribution in [0.15, 0.2) is 125 Å². The first-order valence-electron chi connectivity index (χ1n) is 11.6. The van der Waals surface area contributed by atoms with E-state index in [9.17, 15) is 18.5 Å². The molecule has 10 heteroatoms. The molecule has 5 aromatic carbocycles. The maximum absolute atomic E-state index is 14.3. The molecule has 39 heavy (non-hydrogen) atoms. The number of hydrogen-bond acceptors (Lipinski definition) is 5. The van der Waals surface area contributed by atoms with E-state index in [0.29, 0.717) is 21.3 Å². The zero-order valence-electron chi connectivity index (χ0n) is 20.1. The van der Waals surface area contributed by atoms with Crippen molar-refractivity contribution in [2.45, 2.75) is 4.90 Å². The van der Waals surface area contributed by atoms with Crippen LogP contribution < -0.4 is 4.31 Å². The third kappa shape index (κ3) is 5.49. The van der Waals surface area contributed by atoms with Crippen LogP contribution in [-0.2, 0) is 10.0 Å². The molecular formula is C29H19Cl2N3O4S. The molecule has 5 aromatic rings. The summed E-state index contributed by atoms with van der Waals surface area (Å²) in [6.07, 6.45) is 0. The van der Waals surface area contributed by atoms with Gasteiger partial charge < -0.3 is 0 Å². The number of benzene rings is 5. The Labute approximate surface area is 234 Å². The third-order valence-corrected chi connectivity index (χ3v) is 8.17. The third-order valence-electron chi connectivity index (χ3n) is 5.93. The van der Waals surface area contributed by atoms with Crippen LogP contribution in [0.2, 0.25) is 10.0 Å². The summed E-state index contributed by atoms with van der Waals surface area (Å²) in [6.45, 7) is 0. The van der Waals surface area contributed by atoms with Gasteiger partial charge in [-0.1, -0.05) is 65.7 Å². The van der Waals surface area contributed by atoms with Gasteiger partial charge in [0, 0.05) is 27.7 Å². The largest absolute Gasteiger partial charge is 0.269 e. The molecule has 0 unspecified atom stereocenters. The fraction of sp³-hybridized carbons (Fsp3) is 0. The Bertz CT molecular complexity index is 1800. The van der Waals surface area contributed by atoms with Gasteiger partial charge in [0.05, 0.1) is 21.2 Å². The number of non-ortho nitro benzene ring substituents is 1. The van der Waals surface area contributed by atoms with E-state index in [1.165, 1.54) is 12.1 Å². The molecule has 0 aliphatic carbocycles. The number of anilines is 1. The average Bonchev–Trinajstić information content (AvgIpc) is 2.94. The molecule has 5 rings (SSSR count). The number of sulfonamides is 1. The number of aliphatic imine (C=N–C) groups is 1. The van der Waals surface area contributed by atoms with Crippen LogP contribution >= 0.6 is 23.2 Å². The predicted molar refractivity (Wildman–Crippen MR) is 156 cm³/mol. The van der Waals surface area contributed by atoms with Crippen LogP contribution in [-0.4, -0.2) is 19.2 Å². The van der Waals surface area contributed by atoms with E-state index >= 15 is 0 Å². The van der Waals surface area contributed by atoms with Crippen LogP contribution in [0.5, 0.6) is 0 Å². The van der Waals surface area contributed by atoms with Gasteiger partial charge in [-0.25, -0.2) is 17.7 Å². The summed E-state index contributed by atoms with van der Waals surface area (Å²) in [5.41, 5.74) is 1.08. The van der Waals surface area contributed by atoms with Crippen LogP contribution in [0.25, 0.3) is 10.8 Å². The van der Waals surface area contributed by atoms with E-state index in [-0.39, 0.29) is 22.1 Å². The number of halogens is 2. The van der Waals surface area contributed by atoms with E-state index in [1.54, 1.807) is 54.6 Å². The van der Waals surface area contributed by atoms with Gasteiger partial charge in [0.2, 0.25) is 0 Å². The Morgan fingerprint density at radius 1 is 0.744 bits per heavy atom. The molecule has 0 amide bonds. The number of nitrogens with zero attached hydrogens (tertiary/aromatic N) is 3. The summed E-state index contributed by atoms with van der Waals surface area (Å²) >= 11 is 12.2. The second kappa shape index (κ2) is 10.9. The molecule has 0 saturated heterocycles. The molecule has 0 fully saturated rings. The topological polar surface area (TPSA) is 92.9 Å². The lowest BCUT2D eigenvalue weighted by Gasteiger charge is -2.27. The van der Waals surface area contributed by atoms with Gasteiger partial charge in [0.1, 0.15) is 0 Å². The molecular weight excluding hydrogens is 557 g/mol. The molecule has 0 radical (unpaired) electrons. The lowest BCUT2D eigenvalue weighted by molar-refractivity contribution is -0.384. The molecule has 0 atom stereocenters. The van der Waals surface area contributed by atoms with E-state index < -0.39 is 14.9 Å². The van der Waals surface area contributed by atoms with Gasteiger partial charge in [-0.15, -0.1) is 0 Å². The first-order valence-corrected chi connectivity index (χ1v) is 13.8. The summed E-state index contributed by atoms with van der Waals surface area (Å²) in [5.74, 6) is 0.120. The van der Waals surface area contributed by atoms with E-state index in [2.05, 4.69) is 0 Å². The molecule has 0 aromatic heterocycles. The monoisotopic (exact) mass is 575 g/mol. The van der Waals surface area contributed by atoms with Gasteiger partial charge in [-0.05, 0) is 71.4 Å². The fourth-order valence-electron chi connectivity index (χ4n) is 4.07. The van der Waals surface area contributed by atoms with Crippen LogP contribution in [0.3, 0.4) is 0 Å². The Kier molecular flexibility index (Phi) is 7.34. The minimum Gasteiger partial charge on any atom is -0.258 e. The molecule has 0 N–H and O–H groups in total. The van der Waals surface area contributed by atoms with Crippen molar-refractivity contribution in [1.29, 1.82) is 0 Å². The zero-order valence-corrected chi connectivity index (χ0v) is 22.4. The second-order valence-corrected chi connectivity index (χ2v) is 11.1. The SMILES string of the molecule is O=[N+]([O-])c1ccc(S(=O)(=O)N(C(=Nc2ccc(Cl)cc2)c2cccc3ccccc23)c2ccc(Cl)cc2)cc1. The van der Waals surface area contributed by atoms with Crippen molar-refractivity contribution >= 4 is 66.9 Å². The van der Waals surface area contributed by atoms with Gasteiger partial charge in [0.15, 0.2) is 5.84 Å². The predicted octanol–water partition coefficient (Wildman–Crippen LogP) is 8.03. The van der Waals surface area contributed by atoms with Crippen molar-refractivity contribution in [2.24, 2.45) is 4.99 Å². The first-order chi connectivity index (χ1) is 18.7. The van der Waals surface area contributed by atoms with Crippen molar-refractivity contribution < 1.29 is 13.3 Å². The van der Waals surface area contributed by atoms with Crippen LogP contribution in [0.1, 0.15) is 5.56 Å². The van der Waals surface area contributed by atoms with Gasteiger partial charge in [-0.3, -0.25) is 10.1 Å². The fourth-order valence-corrected chi connectivity index (χ4v) is 5.78. The van der Waals surface area contributed by atoms with E-state index in [1.807, 2.05) is 36.4 Å². The maximum atomic E-state index is 14.3. The Balaban J connectivity index is 1.82. The molecule has 7 nitrogen and oxygen atoms in total. The highest BCUT2D eigenvalue weighted by Crippen LogP contribution is 2.32. The smallest absolute Gasteiger partial charge is 0.258 e. The first kappa shape index (κ1) is 26.4. The van der Waals surface area contributed by atoms with Crippen molar-refractivity contribution in [3.05, 3.63) is 141 Å². The highest BCUT2D eigenvalue weighted by atomic mass is 35.5. The molecule has 0 spiro atoms. The van der Waals surface area contributed by atoms with E-state index in [0.717, 1.165) is 27.2 Å². The molecule has 0 heterocycles. The number of amidine groups is 1. The number of hydrogen-bond donors (Lipinski definition) is 0. The van der Waals surface area contributed by atoms with Crippen molar-refractivity contribution in [2.75, 3.05) is 4.31 Å². The van der Waals surface area contributed by atoms with E-state index in [4.69, 9.17) is 28.2 Å². The highest BCUT2D eigenvalue weighted by molar-refractivity contribution is 7.93. The molecule has 0 aliphatic heterocycles. The quantitative estimate of drug-likeness (QED) is 0.0886. The number of fused-ring (bicyclic) bond motifs is 1. The summed E-state index contributed by atoms with van der Waals surface area (Å²) in [6, 6.07) is 30.9. The Hall–Kier alpha value is -4.24. The highest BCUT2D eigenvalue weighted by Gasteiger charge is 2.32.